The molecule has 0 aliphatic heterocycles. The van der Waals surface area contributed by atoms with Gasteiger partial charge < -0.3 is 19.3 Å². The lowest BCUT2D eigenvalue weighted by atomic mass is 9.75. The molecule has 5 nitrogen and oxygen atoms in total. The highest BCUT2D eigenvalue weighted by atomic mass is 16.7. The van der Waals surface area contributed by atoms with Gasteiger partial charge in [0.05, 0.1) is 12.0 Å². The zero-order valence-corrected chi connectivity index (χ0v) is 10.9. The van der Waals surface area contributed by atoms with Crippen LogP contribution in [0.25, 0.3) is 0 Å². The number of hydrogen-bond acceptors (Lipinski definition) is 5. The Morgan fingerprint density at radius 2 is 1.69 bits per heavy atom. The van der Waals surface area contributed by atoms with E-state index in [0.717, 1.165) is 0 Å². The summed E-state index contributed by atoms with van der Waals surface area (Å²) in [6.07, 6.45) is -0.896. The van der Waals surface area contributed by atoms with E-state index in [9.17, 15) is 9.90 Å². The highest BCUT2D eigenvalue weighted by Gasteiger charge is 2.52. The van der Waals surface area contributed by atoms with E-state index in [-0.39, 0.29) is 6.61 Å². The molecular weight excluding hydrogens is 212 g/mol. The first-order chi connectivity index (χ1) is 7.25. The van der Waals surface area contributed by atoms with Gasteiger partial charge >= 0.3 is 5.97 Å². The van der Waals surface area contributed by atoms with Gasteiger partial charge in [0.2, 0.25) is 0 Å². The summed E-state index contributed by atoms with van der Waals surface area (Å²) in [5.74, 6) is -0.487. The molecule has 0 spiro atoms. The van der Waals surface area contributed by atoms with Gasteiger partial charge in [-0.3, -0.25) is 4.79 Å². The molecule has 0 radical (unpaired) electrons. The monoisotopic (exact) mass is 234 g/mol. The zero-order valence-electron chi connectivity index (χ0n) is 10.9. The van der Waals surface area contributed by atoms with Crippen molar-refractivity contribution in [2.45, 2.75) is 39.6 Å². The number of ether oxygens (including phenoxy) is 3. The zero-order chi connectivity index (χ0) is 13.0. The Morgan fingerprint density at radius 1 is 1.25 bits per heavy atom. The number of methoxy groups -OCH3 is 2. The molecule has 1 unspecified atom stereocenters. The van der Waals surface area contributed by atoms with E-state index in [0.29, 0.717) is 0 Å². The van der Waals surface area contributed by atoms with Crippen LogP contribution in [0.5, 0.6) is 0 Å². The predicted molar refractivity (Wildman–Crippen MR) is 58.8 cm³/mol. The van der Waals surface area contributed by atoms with Crippen LogP contribution in [0.3, 0.4) is 0 Å². The molecule has 0 aliphatic carbocycles. The van der Waals surface area contributed by atoms with Crippen molar-refractivity contribution < 1.29 is 24.1 Å². The van der Waals surface area contributed by atoms with Crippen LogP contribution in [0.4, 0.5) is 0 Å². The Balaban J connectivity index is 5.02. The molecule has 16 heavy (non-hydrogen) atoms. The second kappa shape index (κ2) is 5.61. The van der Waals surface area contributed by atoms with E-state index >= 15 is 0 Å². The molecule has 0 heterocycles. The molecule has 0 fully saturated rings. The van der Waals surface area contributed by atoms with Crippen molar-refractivity contribution in [2.75, 3.05) is 20.8 Å². The van der Waals surface area contributed by atoms with Gasteiger partial charge in [-0.15, -0.1) is 0 Å². The molecule has 0 aromatic carbocycles. The average molecular weight is 234 g/mol. The minimum absolute atomic E-state index is 0.267. The minimum atomic E-state index is -1.48. The maximum atomic E-state index is 11.8. The quantitative estimate of drug-likeness (QED) is 0.547. The van der Waals surface area contributed by atoms with E-state index in [2.05, 4.69) is 0 Å². The molecule has 96 valence electrons. The fourth-order valence-corrected chi connectivity index (χ4v) is 1.37. The Morgan fingerprint density at radius 3 is 2.00 bits per heavy atom. The Hall–Kier alpha value is -0.650. The summed E-state index contributed by atoms with van der Waals surface area (Å²) in [6, 6.07) is 0. The summed E-state index contributed by atoms with van der Waals surface area (Å²) in [4.78, 5) is 11.8. The van der Waals surface area contributed by atoms with Crippen LogP contribution in [0, 0.1) is 5.41 Å². The average Bonchev–Trinajstić information content (AvgIpc) is 2.19. The van der Waals surface area contributed by atoms with E-state index in [1.165, 1.54) is 21.1 Å². The van der Waals surface area contributed by atoms with Gasteiger partial charge in [-0.2, -0.15) is 0 Å². The largest absolute Gasteiger partial charge is 0.465 e. The highest BCUT2D eigenvalue weighted by molar-refractivity contribution is 5.77. The number of carbonyl (C=O) groups is 1. The maximum absolute atomic E-state index is 11.8. The summed E-state index contributed by atoms with van der Waals surface area (Å²) in [7, 11) is 2.81. The Kier molecular flexibility index (Phi) is 5.38. The van der Waals surface area contributed by atoms with Gasteiger partial charge in [-0.25, -0.2) is 0 Å². The normalized spacial score (nSPS) is 16.0. The van der Waals surface area contributed by atoms with Crippen molar-refractivity contribution in [3.8, 4) is 0 Å². The number of hydrogen-bond donors (Lipinski definition) is 1. The summed E-state index contributed by atoms with van der Waals surface area (Å²) in [5.41, 5.74) is -2.61. The fraction of sp³-hybridized carbons (Fsp3) is 0.909. The van der Waals surface area contributed by atoms with Crippen molar-refractivity contribution in [1.29, 1.82) is 0 Å². The predicted octanol–water partition coefficient (Wildman–Crippen LogP) is 0.946. The Bertz CT molecular complexity index is 231. The first kappa shape index (κ1) is 15.3. The lowest BCUT2D eigenvalue weighted by Crippen LogP contribution is -2.56. The molecule has 0 bridgehead atoms. The van der Waals surface area contributed by atoms with Crippen molar-refractivity contribution in [3.05, 3.63) is 0 Å². The topological polar surface area (TPSA) is 65.0 Å². The summed E-state index contributed by atoms with van der Waals surface area (Å²) >= 11 is 0. The van der Waals surface area contributed by atoms with Crippen LogP contribution in [-0.4, -0.2) is 43.8 Å². The highest BCUT2D eigenvalue weighted by Crippen LogP contribution is 2.36. The van der Waals surface area contributed by atoms with E-state index in [1.54, 1.807) is 20.8 Å². The molecule has 0 aromatic rings. The van der Waals surface area contributed by atoms with Gasteiger partial charge in [-0.05, 0) is 27.7 Å². The number of rotatable bonds is 6. The second-order valence-electron chi connectivity index (χ2n) is 4.30. The molecular formula is C11H22O5. The molecule has 0 amide bonds. The SMILES string of the molecule is CCOC(=O)C(C)(C)C(C)(O)C(OC)OC. The van der Waals surface area contributed by atoms with Gasteiger partial charge in [-0.1, -0.05) is 0 Å². The van der Waals surface area contributed by atoms with E-state index in [4.69, 9.17) is 14.2 Å². The smallest absolute Gasteiger partial charge is 0.314 e. The first-order valence-corrected chi connectivity index (χ1v) is 5.20. The van der Waals surface area contributed by atoms with E-state index in [1.807, 2.05) is 0 Å². The number of esters is 1. The Labute approximate surface area is 96.7 Å². The number of carbonyl (C=O) groups excluding carboxylic acids is 1. The van der Waals surface area contributed by atoms with E-state index < -0.39 is 23.3 Å². The van der Waals surface area contributed by atoms with Crippen LogP contribution >= 0.6 is 0 Å². The number of aliphatic hydroxyl groups is 1. The van der Waals surface area contributed by atoms with Crippen molar-refractivity contribution >= 4 is 5.97 Å². The molecule has 0 aromatic heterocycles. The first-order valence-electron chi connectivity index (χ1n) is 5.20. The maximum Gasteiger partial charge on any atom is 0.314 e. The van der Waals surface area contributed by atoms with Crippen LogP contribution in [0.1, 0.15) is 27.7 Å². The standard InChI is InChI=1S/C11H22O5/c1-7-16-8(12)10(2,3)11(4,13)9(14-5)15-6/h9,13H,7H2,1-6H3. The molecule has 0 rings (SSSR count). The molecule has 0 aliphatic rings. The summed E-state index contributed by atoms with van der Waals surface area (Å²) < 4.78 is 14.9. The lowest BCUT2D eigenvalue weighted by molar-refractivity contribution is -0.248. The minimum Gasteiger partial charge on any atom is -0.465 e. The lowest BCUT2D eigenvalue weighted by Gasteiger charge is -2.41. The van der Waals surface area contributed by atoms with Gasteiger partial charge in [0.15, 0.2) is 6.29 Å². The molecule has 0 saturated carbocycles. The third kappa shape index (κ3) is 2.72. The van der Waals surface area contributed by atoms with Gasteiger partial charge in [0.1, 0.15) is 5.60 Å². The van der Waals surface area contributed by atoms with Gasteiger partial charge in [0, 0.05) is 14.2 Å². The van der Waals surface area contributed by atoms with Crippen molar-refractivity contribution in [2.24, 2.45) is 5.41 Å². The van der Waals surface area contributed by atoms with Crippen LogP contribution in [0.2, 0.25) is 0 Å². The van der Waals surface area contributed by atoms with Crippen LogP contribution in [0.15, 0.2) is 0 Å². The van der Waals surface area contributed by atoms with Crippen molar-refractivity contribution in [3.63, 3.8) is 0 Å². The van der Waals surface area contributed by atoms with Crippen molar-refractivity contribution in [1.82, 2.24) is 0 Å². The molecule has 5 heteroatoms. The molecule has 0 saturated heterocycles. The van der Waals surface area contributed by atoms with Gasteiger partial charge in [0.25, 0.3) is 0 Å². The van der Waals surface area contributed by atoms with Crippen LogP contribution in [-0.2, 0) is 19.0 Å². The summed E-state index contributed by atoms with van der Waals surface area (Å²) in [5, 5.41) is 10.3. The summed E-state index contributed by atoms with van der Waals surface area (Å²) in [6.45, 7) is 6.66. The molecule has 1 N–H and O–H groups in total. The third-order valence-electron chi connectivity index (χ3n) is 2.94. The molecule has 1 atom stereocenters. The second-order valence-corrected chi connectivity index (χ2v) is 4.30. The third-order valence-corrected chi connectivity index (χ3v) is 2.94. The fourth-order valence-electron chi connectivity index (χ4n) is 1.37. The van der Waals surface area contributed by atoms with Crippen LogP contribution < -0.4 is 0 Å².